The number of hydrogen-bond acceptors (Lipinski definition) is 3. The van der Waals surface area contributed by atoms with Crippen molar-refractivity contribution >= 4 is 11.8 Å². The standard InChI is InChI=1S/C6H13N3O2/c1-5(10)7-3-4-8-9-6(2)11/h8H,3-4H2,1-2H3,(H,7,10)(H,9,11). The van der Waals surface area contributed by atoms with E-state index in [1.165, 1.54) is 13.8 Å². The van der Waals surface area contributed by atoms with Gasteiger partial charge in [-0.25, -0.2) is 5.43 Å². The van der Waals surface area contributed by atoms with E-state index in [9.17, 15) is 9.59 Å². The molecule has 0 aromatic rings. The van der Waals surface area contributed by atoms with E-state index in [0.717, 1.165) is 0 Å². The molecule has 5 heteroatoms. The SMILES string of the molecule is CC(=O)NCCNNC(C)=O. The lowest BCUT2D eigenvalue weighted by Gasteiger charge is -2.04. The molecule has 11 heavy (non-hydrogen) atoms. The lowest BCUT2D eigenvalue weighted by molar-refractivity contribution is -0.119. The number of rotatable bonds is 4. The van der Waals surface area contributed by atoms with Gasteiger partial charge in [-0.05, 0) is 0 Å². The normalized spacial score (nSPS) is 8.91. The van der Waals surface area contributed by atoms with Crippen LogP contribution >= 0.6 is 0 Å². The second-order valence-corrected chi connectivity index (χ2v) is 2.09. The van der Waals surface area contributed by atoms with E-state index >= 15 is 0 Å². The van der Waals surface area contributed by atoms with Gasteiger partial charge in [0.2, 0.25) is 11.8 Å². The Balaban J connectivity index is 3.03. The third-order valence-electron chi connectivity index (χ3n) is 0.888. The fraction of sp³-hybridized carbons (Fsp3) is 0.667. The van der Waals surface area contributed by atoms with Crippen molar-refractivity contribution in [2.45, 2.75) is 13.8 Å². The molecule has 0 aliphatic rings. The van der Waals surface area contributed by atoms with E-state index < -0.39 is 0 Å². The quantitative estimate of drug-likeness (QED) is 0.355. The predicted octanol–water partition coefficient (Wildman–Crippen LogP) is -1.24. The summed E-state index contributed by atoms with van der Waals surface area (Å²) < 4.78 is 0. The molecule has 5 nitrogen and oxygen atoms in total. The third-order valence-corrected chi connectivity index (χ3v) is 0.888. The van der Waals surface area contributed by atoms with Crippen LogP contribution in [0.5, 0.6) is 0 Å². The van der Waals surface area contributed by atoms with Gasteiger partial charge in [0.15, 0.2) is 0 Å². The zero-order valence-electron chi connectivity index (χ0n) is 6.73. The van der Waals surface area contributed by atoms with Gasteiger partial charge in [-0.3, -0.25) is 15.0 Å². The van der Waals surface area contributed by atoms with Gasteiger partial charge in [0.25, 0.3) is 0 Å². The van der Waals surface area contributed by atoms with Gasteiger partial charge in [0.05, 0.1) is 0 Å². The first-order chi connectivity index (χ1) is 5.13. The Morgan fingerprint density at radius 2 is 1.73 bits per heavy atom. The van der Waals surface area contributed by atoms with E-state index in [1.807, 2.05) is 0 Å². The maximum absolute atomic E-state index is 10.3. The summed E-state index contributed by atoms with van der Waals surface area (Å²) >= 11 is 0. The highest BCUT2D eigenvalue weighted by Gasteiger charge is 1.90. The maximum Gasteiger partial charge on any atom is 0.230 e. The summed E-state index contributed by atoms with van der Waals surface area (Å²) in [5.74, 6) is -0.220. The molecule has 0 atom stereocenters. The Kier molecular flexibility index (Phi) is 5.10. The fourth-order valence-corrected chi connectivity index (χ4v) is 0.488. The largest absolute Gasteiger partial charge is 0.355 e. The number of hydrazine groups is 1. The first-order valence-corrected chi connectivity index (χ1v) is 3.37. The monoisotopic (exact) mass is 159 g/mol. The minimum atomic E-state index is -0.146. The molecule has 0 aliphatic carbocycles. The summed E-state index contributed by atoms with van der Waals surface area (Å²) in [7, 11) is 0. The van der Waals surface area contributed by atoms with Crippen LogP contribution < -0.4 is 16.2 Å². The number of nitrogens with one attached hydrogen (secondary N) is 3. The number of carbonyl (C=O) groups excluding carboxylic acids is 2. The second-order valence-electron chi connectivity index (χ2n) is 2.09. The van der Waals surface area contributed by atoms with E-state index in [0.29, 0.717) is 13.1 Å². The van der Waals surface area contributed by atoms with Gasteiger partial charge >= 0.3 is 0 Å². The highest BCUT2D eigenvalue weighted by Crippen LogP contribution is 1.59. The molecule has 0 fully saturated rings. The highest BCUT2D eigenvalue weighted by atomic mass is 16.2. The molecule has 0 unspecified atom stereocenters. The Hall–Kier alpha value is -1.10. The summed E-state index contributed by atoms with van der Waals surface area (Å²) in [6.07, 6.45) is 0. The third kappa shape index (κ3) is 8.90. The van der Waals surface area contributed by atoms with Crippen LogP contribution in [0.1, 0.15) is 13.8 Å². The predicted molar refractivity (Wildman–Crippen MR) is 40.5 cm³/mol. The van der Waals surface area contributed by atoms with Crippen molar-refractivity contribution in [3.63, 3.8) is 0 Å². The van der Waals surface area contributed by atoms with Crippen LogP contribution in [0.4, 0.5) is 0 Å². The van der Waals surface area contributed by atoms with Crippen molar-refractivity contribution in [2.75, 3.05) is 13.1 Å². The summed E-state index contributed by atoms with van der Waals surface area (Å²) in [4.78, 5) is 20.6. The van der Waals surface area contributed by atoms with Crippen molar-refractivity contribution in [1.82, 2.24) is 16.2 Å². The zero-order chi connectivity index (χ0) is 8.69. The molecule has 0 aromatic heterocycles. The van der Waals surface area contributed by atoms with Gasteiger partial charge in [0, 0.05) is 26.9 Å². The smallest absolute Gasteiger partial charge is 0.230 e. The Morgan fingerprint density at radius 1 is 1.09 bits per heavy atom. The van der Waals surface area contributed by atoms with Crippen LogP contribution in [0.2, 0.25) is 0 Å². The number of hydrogen-bond donors (Lipinski definition) is 3. The molecule has 0 radical (unpaired) electrons. The zero-order valence-corrected chi connectivity index (χ0v) is 6.73. The van der Waals surface area contributed by atoms with Crippen LogP contribution in [-0.2, 0) is 9.59 Å². The molecular formula is C6H13N3O2. The molecule has 0 aromatic carbocycles. The van der Waals surface area contributed by atoms with Crippen LogP contribution in [0.3, 0.4) is 0 Å². The molecule has 64 valence electrons. The molecule has 0 bridgehead atoms. The Morgan fingerprint density at radius 3 is 2.18 bits per heavy atom. The summed E-state index contributed by atoms with van der Waals surface area (Å²) in [6.45, 7) is 3.89. The molecule has 3 N–H and O–H groups in total. The Labute approximate surface area is 65.5 Å². The molecule has 0 saturated carbocycles. The fourth-order valence-electron chi connectivity index (χ4n) is 0.488. The van der Waals surface area contributed by atoms with Gasteiger partial charge in [-0.2, -0.15) is 0 Å². The van der Waals surface area contributed by atoms with Crippen molar-refractivity contribution < 1.29 is 9.59 Å². The molecule has 0 aliphatic heterocycles. The molecule has 2 amide bonds. The minimum absolute atomic E-state index is 0.0744. The van der Waals surface area contributed by atoms with Gasteiger partial charge in [-0.15, -0.1) is 0 Å². The van der Waals surface area contributed by atoms with Crippen molar-refractivity contribution in [3.05, 3.63) is 0 Å². The minimum Gasteiger partial charge on any atom is -0.355 e. The maximum atomic E-state index is 10.3. The van der Waals surface area contributed by atoms with E-state index in [-0.39, 0.29) is 11.8 Å². The van der Waals surface area contributed by atoms with Gasteiger partial charge in [0.1, 0.15) is 0 Å². The number of carbonyl (C=O) groups is 2. The average Bonchev–Trinajstić information content (AvgIpc) is 1.85. The van der Waals surface area contributed by atoms with Crippen molar-refractivity contribution in [3.8, 4) is 0 Å². The van der Waals surface area contributed by atoms with E-state index in [4.69, 9.17) is 0 Å². The molecule has 0 spiro atoms. The molecule has 0 rings (SSSR count). The van der Waals surface area contributed by atoms with E-state index in [1.54, 1.807) is 0 Å². The summed E-state index contributed by atoms with van der Waals surface area (Å²) in [6, 6.07) is 0. The van der Waals surface area contributed by atoms with Crippen LogP contribution in [0.15, 0.2) is 0 Å². The van der Waals surface area contributed by atoms with Crippen LogP contribution in [-0.4, -0.2) is 24.9 Å². The van der Waals surface area contributed by atoms with Crippen molar-refractivity contribution in [2.24, 2.45) is 0 Å². The first kappa shape index (κ1) is 9.90. The summed E-state index contributed by atoms with van der Waals surface area (Å²) in [5.41, 5.74) is 5.00. The molecule has 0 heterocycles. The van der Waals surface area contributed by atoms with E-state index in [2.05, 4.69) is 16.2 Å². The lowest BCUT2D eigenvalue weighted by atomic mass is 10.6. The first-order valence-electron chi connectivity index (χ1n) is 3.37. The van der Waals surface area contributed by atoms with Crippen LogP contribution in [0.25, 0.3) is 0 Å². The lowest BCUT2D eigenvalue weighted by Crippen LogP contribution is -2.40. The highest BCUT2D eigenvalue weighted by molar-refractivity contribution is 5.73. The number of amides is 2. The summed E-state index contributed by atoms with van der Waals surface area (Å²) in [5, 5.41) is 2.57. The molecular weight excluding hydrogens is 146 g/mol. The topological polar surface area (TPSA) is 70.2 Å². The van der Waals surface area contributed by atoms with Crippen molar-refractivity contribution in [1.29, 1.82) is 0 Å². The second kappa shape index (κ2) is 5.67. The van der Waals surface area contributed by atoms with Crippen LogP contribution in [0, 0.1) is 0 Å². The average molecular weight is 159 g/mol. The Bertz CT molecular complexity index is 131. The van der Waals surface area contributed by atoms with Gasteiger partial charge < -0.3 is 5.32 Å². The molecule has 0 saturated heterocycles. The van der Waals surface area contributed by atoms with Gasteiger partial charge in [-0.1, -0.05) is 0 Å².